The van der Waals surface area contributed by atoms with E-state index in [9.17, 15) is 0 Å². The van der Waals surface area contributed by atoms with Crippen molar-refractivity contribution in [2.24, 2.45) is 0 Å². The standard InChI is InChI=1S/C15H17ClN2O3/c1-3-20-15-10-13(16)17-14(18-15)7-8-21-12-6-4-5-11(9-12)19-2/h4-6,9-10H,3,7-8H2,1-2H3. The van der Waals surface area contributed by atoms with Gasteiger partial charge in [-0.2, -0.15) is 4.98 Å². The quantitative estimate of drug-likeness (QED) is 0.735. The van der Waals surface area contributed by atoms with Gasteiger partial charge in [0.15, 0.2) is 0 Å². The van der Waals surface area contributed by atoms with Crippen LogP contribution in [0.2, 0.25) is 5.15 Å². The Morgan fingerprint density at radius 2 is 1.90 bits per heavy atom. The zero-order valence-electron chi connectivity index (χ0n) is 12.0. The zero-order chi connectivity index (χ0) is 15.1. The van der Waals surface area contributed by atoms with E-state index in [2.05, 4.69) is 9.97 Å². The molecule has 0 aliphatic carbocycles. The molecule has 2 aromatic rings. The Hall–Kier alpha value is -2.01. The number of aromatic nitrogens is 2. The van der Waals surface area contributed by atoms with Crippen molar-refractivity contribution in [1.29, 1.82) is 0 Å². The first-order valence-corrected chi connectivity index (χ1v) is 7.02. The van der Waals surface area contributed by atoms with E-state index in [1.54, 1.807) is 13.2 Å². The number of benzene rings is 1. The van der Waals surface area contributed by atoms with Gasteiger partial charge in [-0.15, -0.1) is 0 Å². The van der Waals surface area contributed by atoms with Crippen LogP contribution in [-0.2, 0) is 6.42 Å². The number of ether oxygens (including phenoxy) is 3. The molecule has 0 saturated carbocycles. The smallest absolute Gasteiger partial charge is 0.218 e. The lowest BCUT2D eigenvalue weighted by molar-refractivity contribution is 0.309. The van der Waals surface area contributed by atoms with Gasteiger partial charge in [0.25, 0.3) is 0 Å². The van der Waals surface area contributed by atoms with Crippen molar-refractivity contribution in [1.82, 2.24) is 9.97 Å². The molecular formula is C15H17ClN2O3. The van der Waals surface area contributed by atoms with Gasteiger partial charge < -0.3 is 14.2 Å². The van der Waals surface area contributed by atoms with Crippen LogP contribution in [0.1, 0.15) is 12.7 Å². The van der Waals surface area contributed by atoms with Crippen LogP contribution in [-0.4, -0.2) is 30.3 Å². The van der Waals surface area contributed by atoms with Crippen molar-refractivity contribution < 1.29 is 14.2 Å². The monoisotopic (exact) mass is 308 g/mol. The second kappa shape index (κ2) is 7.69. The highest BCUT2D eigenvalue weighted by Gasteiger charge is 2.05. The van der Waals surface area contributed by atoms with E-state index in [4.69, 9.17) is 25.8 Å². The molecule has 1 aromatic carbocycles. The lowest BCUT2D eigenvalue weighted by atomic mass is 10.3. The molecule has 0 unspecified atom stereocenters. The lowest BCUT2D eigenvalue weighted by Crippen LogP contribution is -2.06. The molecule has 2 rings (SSSR count). The maximum Gasteiger partial charge on any atom is 0.218 e. The summed E-state index contributed by atoms with van der Waals surface area (Å²) in [4.78, 5) is 8.42. The summed E-state index contributed by atoms with van der Waals surface area (Å²) in [5, 5.41) is 0.366. The van der Waals surface area contributed by atoms with Crippen LogP contribution < -0.4 is 14.2 Å². The van der Waals surface area contributed by atoms with Gasteiger partial charge in [0.1, 0.15) is 22.5 Å². The second-order valence-corrected chi connectivity index (χ2v) is 4.54. The SMILES string of the molecule is CCOc1cc(Cl)nc(CCOc2cccc(OC)c2)n1. The normalized spacial score (nSPS) is 10.2. The number of nitrogens with zero attached hydrogens (tertiary/aromatic N) is 2. The first-order chi connectivity index (χ1) is 10.2. The summed E-state index contributed by atoms with van der Waals surface area (Å²) in [6.07, 6.45) is 0.540. The van der Waals surface area contributed by atoms with Crippen molar-refractivity contribution >= 4 is 11.6 Å². The van der Waals surface area contributed by atoms with E-state index < -0.39 is 0 Å². The fraction of sp³-hybridized carbons (Fsp3) is 0.333. The molecule has 6 heteroatoms. The molecular weight excluding hydrogens is 292 g/mol. The van der Waals surface area contributed by atoms with Crippen LogP contribution in [0.25, 0.3) is 0 Å². The Bertz CT molecular complexity index is 593. The Labute approximate surface area is 128 Å². The number of hydrogen-bond donors (Lipinski definition) is 0. The van der Waals surface area contributed by atoms with E-state index >= 15 is 0 Å². The third kappa shape index (κ3) is 4.79. The highest BCUT2D eigenvalue weighted by Crippen LogP contribution is 2.19. The van der Waals surface area contributed by atoms with E-state index in [1.165, 1.54) is 0 Å². The van der Waals surface area contributed by atoms with Crippen LogP contribution in [0.5, 0.6) is 17.4 Å². The van der Waals surface area contributed by atoms with Gasteiger partial charge in [-0.25, -0.2) is 4.98 Å². The molecule has 112 valence electrons. The minimum Gasteiger partial charge on any atom is -0.497 e. The van der Waals surface area contributed by atoms with Crippen molar-refractivity contribution in [2.75, 3.05) is 20.3 Å². The largest absolute Gasteiger partial charge is 0.497 e. The van der Waals surface area contributed by atoms with Gasteiger partial charge in [0.2, 0.25) is 5.88 Å². The lowest BCUT2D eigenvalue weighted by Gasteiger charge is -2.08. The highest BCUT2D eigenvalue weighted by molar-refractivity contribution is 6.29. The molecule has 0 bridgehead atoms. The summed E-state index contributed by atoms with van der Waals surface area (Å²) < 4.78 is 16.1. The van der Waals surface area contributed by atoms with Crippen molar-refractivity contribution in [2.45, 2.75) is 13.3 Å². The molecule has 0 amide bonds. The van der Waals surface area contributed by atoms with Crippen LogP contribution in [0.4, 0.5) is 0 Å². The number of rotatable bonds is 7. The van der Waals surface area contributed by atoms with E-state index in [0.717, 1.165) is 11.5 Å². The van der Waals surface area contributed by atoms with Crippen LogP contribution in [0.3, 0.4) is 0 Å². The highest BCUT2D eigenvalue weighted by atomic mass is 35.5. The van der Waals surface area contributed by atoms with Crippen LogP contribution in [0.15, 0.2) is 30.3 Å². The molecule has 5 nitrogen and oxygen atoms in total. The molecule has 0 saturated heterocycles. The van der Waals surface area contributed by atoms with Gasteiger partial charge in [-0.05, 0) is 19.1 Å². The third-order valence-electron chi connectivity index (χ3n) is 2.65. The molecule has 21 heavy (non-hydrogen) atoms. The molecule has 1 heterocycles. The molecule has 0 fully saturated rings. The fourth-order valence-corrected chi connectivity index (χ4v) is 1.92. The molecule has 0 radical (unpaired) electrons. The molecule has 0 aliphatic rings. The Balaban J connectivity index is 1.93. The summed E-state index contributed by atoms with van der Waals surface area (Å²) in [6, 6.07) is 9.02. The van der Waals surface area contributed by atoms with E-state index in [-0.39, 0.29) is 0 Å². The summed E-state index contributed by atoms with van der Waals surface area (Å²) in [5.74, 6) is 2.56. The van der Waals surface area contributed by atoms with Crippen LogP contribution in [0, 0.1) is 0 Å². The molecule has 0 N–H and O–H groups in total. The van der Waals surface area contributed by atoms with E-state index in [1.807, 2.05) is 31.2 Å². The molecule has 0 atom stereocenters. The van der Waals surface area contributed by atoms with Crippen molar-refractivity contribution in [3.8, 4) is 17.4 Å². The minimum atomic E-state index is 0.366. The first-order valence-electron chi connectivity index (χ1n) is 6.64. The van der Waals surface area contributed by atoms with Gasteiger partial charge in [0, 0.05) is 18.6 Å². The van der Waals surface area contributed by atoms with Gasteiger partial charge in [0.05, 0.1) is 20.3 Å². The summed E-state index contributed by atoms with van der Waals surface area (Å²) in [6.45, 7) is 2.87. The van der Waals surface area contributed by atoms with Crippen LogP contribution >= 0.6 is 11.6 Å². The average Bonchev–Trinajstić information content (AvgIpc) is 2.47. The Kier molecular flexibility index (Phi) is 5.63. The topological polar surface area (TPSA) is 53.5 Å². The van der Waals surface area contributed by atoms with Gasteiger partial charge in [-0.3, -0.25) is 0 Å². The van der Waals surface area contributed by atoms with Crippen molar-refractivity contribution in [3.63, 3.8) is 0 Å². The van der Waals surface area contributed by atoms with Gasteiger partial charge >= 0.3 is 0 Å². The number of methoxy groups -OCH3 is 1. The maximum atomic E-state index is 5.93. The summed E-state index contributed by atoms with van der Waals surface area (Å²) in [7, 11) is 1.62. The average molecular weight is 309 g/mol. The molecule has 0 spiro atoms. The van der Waals surface area contributed by atoms with Crippen molar-refractivity contribution in [3.05, 3.63) is 41.3 Å². The first kappa shape index (κ1) is 15.4. The second-order valence-electron chi connectivity index (χ2n) is 4.16. The van der Waals surface area contributed by atoms with E-state index in [0.29, 0.717) is 36.5 Å². The maximum absolute atomic E-state index is 5.93. The summed E-state index contributed by atoms with van der Waals surface area (Å²) >= 11 is 5.93. The predicted octanol–water partition coefficient (Wildman–Crippen LogP) is 3.16. The predicted molar refractivity (Wildman–Crippen MR) is 80.4 cm³/mol. The summed E-state index contributed by atoms with van der Waals surface area (Å²) in [5.41, 5.74) is 0. The third-order valence-corrected chi connectivity index (χ3v) is 2.84. The molecule has 1 aromatic heterocycles. The fourth-order valence-electron chi connectivity index (χ4n) is 1.73. The Morgan fingerprint density at radius 3 is 2.67 bits per heavy atom. The minimum absolute atomic E-state index is 0.366. The zero-order valence-corrected chi connectivity index (χ0v) is 12.8. The van der Waals surface area contributed by atoms with Gasteiger partial charge in [-0.1, -0.05) is 17.7 Å². The number of hydrogen-bond acceptors (Lipinski definition) is 5. The Morgan fingerprint density at radius 1 is 1.10 bits per heavy atom. The number of halogens is 1. The molecule has 0 aliphatic heterocycles.